The minimum absolute atomic E-state index is 0.0164. The van der Waals surface area contributed by atoms with Gasteiger partial charge in [0.25, 0.3) is 11.3 Å². The van der Waals surface area contributed by atoms with Crippen molar-refractivity contribution in [2.24, 2.45) is 5.73 Å². The third-order valence-electron chi connectivity index (χ3n) is 3.00. The van der Waals surface area contributed by atoms with Gasteiger partial charge in [0.15, 0.2) is 0 Å². The van der Waals surface area contributed by atoms with Gasteiger partial charge in [0, 0.05) is 5.56 Å². The number of hydrogen-bond donors (Lipinski definition) is 3. The number of rotatable bonds is 2. The van der Waals surface area contributed by atoms with Crippen molar-refractivity contribution >= 4 is 23.5 Å². The van der Waals surface area contributed by atoms with E-state index >= 15 is 0 Å². The Morgan fingerprint density at radius 1 is 1.20 bits per heavy atom. The molecule has 0 aliphatic carbocycles. The van der Waals surface area contributed by atoms with Crippen LogP contribution in [0.4, 0.5) is 11.9 Å². The normalized spacial score (nSPS) is 11.5. The van der Waals surface area contributed by atoms with E-state index in [1.807, 2.05) is 0 Å². The molecule has 0 bridgehead atoms. The summed E-state index contributed by atoms with van der Waals surface area (Å²) in [4.78, 5) is 24.5. The molecule has 3 aromatic heterocycles. The highest BCUT2D eigenvalue weighted by molar-refractivity contribution is 5.51. The molecule has 0 unspecified atom stereocenters. The van der Waals surface area contributed by atoms with Crippen LogP contribution in [0.2, 0.25) is 0 Å². The summed E-state index contributed by atoms with van der Waals surface area (Å²) >= 11 is 0. The molecule has 0 amide bonds. The maximum atomic E-state index is 12.4. The summed E-state index contributed by atoms with van der Waals surface area (Å²) < 4.78 is 2.51. The molecule has 3 heterocycles. The molecule has 0 radical (unpaired) electrons. The average Bonchev–Trinajstić information content (AvgIpc) is 2.73. The standard InChI is InChI=1S/C10H13N9O/c1-4-5(2-3-11)6(20)19-10(14-4)18-8(13)15-7(12)16-9(18)17-19/h2-3,11H2,1H3,(H4,12,13,15,16,17). The molecule has 0 fully saturated rings. The van der Waals surface area contributed by atoms with Crippen LogP contribution in [0.1, 0.15) is 11.3 Å². The van der Waals surface area contributed by atoms with Gasteiger partial charge in [0.05, 0.1) is 5.69 Å². The van der Waals surface area contributed by atoms with Crippen LogP contribution in [0.3, 0.4) is 0 Å². The lowest BCUT2D eigenvalue weighted by Crippen LogP contribution is -2.24. The Morgan fingerprint density at radius 3 is 2.65 bits per heavy atom. The van der Waals surface area contributed by atoms with Crippen LogP contribution in [0.25, 0.3) is 11.6 Å². The number of hydrogen-bond acceptors (Lipinski definition) is 8. The molecule has 20 heavy (non-hydrogen) atoms. The van der Waals surface area contributed by atoms with Crippen LogP contribution < -0.4 is 22.8 Å². The third-order valence-corrected chi connectivity index (χ3v) is 3.00. The molecule has 0 aromatic carbocycles. The van der Waals surface area contributed by atoms with Crippen LogP contribution in [-0.2, 0) is 6.42 Å². The zero-order valence-electron chi connectivity index (χ0n) is 10.7. The van der Waals surface area contributed by atoms with Crippen LogP contribution in [0.15, 0.2) is 4.79 Å². The van der Waals surface area contributed by atoms with Gasteiger partial charge in [0.2, 0.25) is 17.7 Å². The van der Waals surface area contributed by atoms with E-state index in [4.69, 9.17) is 17.2 Å². The number of nitrogens with two attached hydrogens (primary N) is 3. The largest absolute Gasteiger partial charge is 0.369 e. The summed E-state index contributed by atoms with van der Waals surface area (Å²) in [5.74, 6) is 0.474. The molecule has 104 valence electrons. The lowest BCUT2D eigenvalue weighted by atomic mass is 10.2. The molecule has 0 saturated heterocycles. The third kappa shape index (κ3) is 1.58. The van der Waals surface area contributed by atoms with Crippen molar-refractivity contribution in [1.29, 1.82) is 0 Å². The van der Waals surface area contributed by atoms with Gasteiger partial charge in [-0.3, -0.25) is 4.79 Å². The Hall–Kier alpha value is -2.75. The van der Waals surface area contributed by atoms with Gasteiger partial charge in [-0.15, -0.1) is 5.10 Å². The average molecular weight is 275 g/mol. The lowest BCUT2D eigenvalue weighted by Gasteiger charge is -2.03. The second kappa shape index (κ2) is 4.13. The molecule has 10 heteroatoms. The quantitative estimate of drug-likeness (QED) is 0.490. The molecule has 6 N–H and O–H groups in total. The predicted octanol–water partition coefficient (Wildman–Crippen LogP) is -1.89. The second-order valence-electron chi connectivity index (χ2n) is 4.31. The van der Waals surface area contributed by atoms with E-state index in [1.54, 1.807) is 6.92 Å². The summed E-state index contributed by atoms with van der Waals surface area (Å²) in [7, 11) is 0. The van der Waals surface area contributed by atoms with Crippen LogP contribution in [0, 0.1) is 6.92 Å². The highest BCUT2D eigenvalue weighted by atomic mass is 16.1. The summed E-state index contributed by atoms with van der Waals surface area (Å²) in [5, 5.41) is 4.07. The molecule has 0 aliphatic heterocycles. The molecular formula is C10H13N9O. The van der Waals surface area contributed by atoms with Gasteiger partial charge in [-0.2, -0.15) is 14.5 Å². The van der Waals surface area contributed by atoms with Crippen molar-refractivity contribution in [1.82, 2.24) is 29.0 Å². The van der Waals surface area contributed by atoms with Crippen LogP contribution in [0.5, 0.6) is 0 Å². The van der Waals surface area contributed by atoms with Gasteiger partial charge in [-0.25, -0.2) is 9.38 Å². The molecule has 0 spiro atoms. The summed E-state index contributed by atoms with van der Waals surface area (Å²) in [6.07, 6.45) is 0.428. The number of aromatic nitrogens is 6. The Bertz CT molecular complexity index is 878. The maximum absolute atomic E-state index is 12.4. The lowest BCUT2D eigenvalue weighted by molar-refractivity contribution is 0.834. The number of anilines is 2. The van der Waals surface area contributed by atoms with Crippen molar-refractivity contribution in [2.75, 3.05) is 18.0 Å². The summed E-state index contributed by atoms with van der Waals surface area (Å²) in [6.45, 7) is 2.09. The predicted molar refractivity (Wildman–Crippen MR) is 72.1 cm³/mol. The van der Waals surface area contributed by atoms with E-state index < -0.39 is 0 Å². The number of nitrogen functional groups attached to an aromatic ring is 2. The Balaban J connectivity index is 2.49. The first-order chi connectivity index (χ1) is 9.52. The first-order valence-electron chi connectivity index (χ1n) is 5.93. The molecule has 3 rings (SSSR count). The molecule has 0 aliphatic rings. The zero-order valence-corrected chi connectivity index (χ0v) is 10.7. The zero-order chi connectivity index (χ0) is 14.4. The summed E-state index contributed by atoms with van der Waals surface area (Å²) in [5.41, 5.74) is 17.6. The second-order valence-corrected chi connectivity index (χ2v) is 4.31. The minimum Gasteiger partial charge on any atom is -0.369 e. The highest BCUT2D eigenvalue weighted by Crippen LogP contribution is 2.11. The van der Waals surface area contributed by atoms with E-state index in [-0.39, 0.29) is 29.0 Å². The number of fused-ring (bicyclic) bond motifs is 3. The van der Waals surface area contributed by atoms with Gasteiger partial charge in [-0.05, 0) is 19.9 Å². The van der Waals surface area contributed by atoms with Crippen LogP contribution in [-0.4, -0.2) is 35.5 Å². The first-order valence-corrected chi connectivity index (χ1v) is 5.93. The van der Waals surface area contributed by atoms with Gasteiger partial charge < -0.3 is 17.2 Å². The monoisotopic (exact) mass is 275 g/mol. The van der Waals surface area contributed by atoms with E-state index in [9.17, 15) is 4.79 Å². The van der Waals surface area contributed by atoms with Crippen molar-refractivity contribution in [3.63, 3.8) is 0 Å². The number of nitrogens with zero attached hydrogens (tertiary/aromatic N) is 6. The van der Waals surface area contributed by atoms with E-state index in [1.165, 1.54) is 4.40 Å². The fraction of sp³-hybridized carbons (Fsp3) is 0.300. The fourth-order valence-corrected chi connectivity index (χ4v) is 2.10. The molecule has 0 atom stereocenters. The smallest absolute Gasteiger partial charge is 0.279 e. The molecule has 10 nitrogen and oxygen atoms in total. The fourth-order valence-electron chi connectivity index (χ4n) is 2.10. The van der Waals surface area contributed by atoms with Crippen molar-refractivity contribution in [3.05, 3.63) is 21.6 Å². The topological polar surface area (TPSA) is 156 Å². The molecule has 3 aromatic rings. The Labute approximate surface area is 112 Å². The van der Waals surface area contributed by atoms with Gasteiger partial charge >= 0.3 is 0 Å². The molecular weight excluding hydrogens is 262 g/mol. The van der Waals surface area contributed by atoms with E-state index in [0.717, 1.165) is 4.52 Å². The van der Waals surface area contributed by atoms with Crippen molar-refractivity contribution < 1.29 is 0 Å². The first kappa shape index (κ1) is 12.3. The van der Waals surface area contributed by atoms with Gasteiger partial charge in [-0.1, -0.05) is 0 Å². The molecule has 0 saturated carbocycles. The SMILES string of the molecule is Cc1nc2n(nc3nc(N)nc(N)n32)c(=O)c1CCN. The Kier molecular flexibility index (Phi) is 2.54. The van der Waals surface area contributed by atoms with Gasteiger partial charge in [0.1, 0.15) is 0 Å². The van der Waals surface area contributed by atoms with E-state index in [0.29, 0.717) is 24.2 Å². The van der Waals surface area contributed by atoms with Crippen LogP contribution >= 0.6 is 0 Å². The maximum Gasteiger partial charge on any atom is 0.279 e. The number of aryl methyl sites for hydroxylation is 1. The Morgan fingerprint density at radius 2 is 1.95 bits per heavy atom. The van der Waals surface area contributed by atoms with Crippen molar-refractivity contribution in [2.45, 2.75) is 13.3 Å². The minimum atomic E-state index is -0.290. The highest BCUT2D eigenvalue weighted by Gasteiger charge is 2.16. The van der Waals surface area contributed by atoms with Crippen molar-refractivity contribution in [3.8, 4) is 0 Å². The van der Waals surface area contributed by atoms with E-state index in [2.05, 4.69) is 20.1 Å². The summed E-state index contributed by atoms with van der Waals surface area (Å²) in [6, 6.07) is 0.